The van der Waals surface area contributed by atoms with E-state index in [0.29, 0.717) is 6.54 Å². The Labute approximate surface area is 105 Å². The van der Waals surface area contributed by atoms with Crippen molar-refractivity contribution in [2.75, 3.05) is 26.7 Å². The maximum atomic E-state index is 11.1. The number of rotatable bonds is 4. The monoisotopic (exact) mass is 249 g/mol. The van der Waals surface area contributed by atoms with E-state index < -0.39 is 11.9 Å². The van der Waals surface area contributed by atoms with Gasteiger partial charge in [-0.2, -0.15) is 0 Å². The SMILES string of the molecule is COc1ccc(CCN2CC(=O)OC(=O)C2)cc1. The van der Waals surface area contributed by atoms with Crippen LogP contribution < -0.4 is 4.74 Å². The van der Waals surface area contributed by atoms with Crippen molar-refractivity contribution in [1.29, 1.82) is 0 Å². The van der Waals surface area contributed by atoms with Gasteiger partial charge in [0.05, 0.1) is 20.2 Å². The molecule has 5 heteroatoms. The molecule has 0 saturated carbocycles. The van der Waals surface area contributed by atoms with Gasteiger partial charge in [-0.25, -0.2) is 0 Å². The molecule has 0 aromatic heterocycles. The Morgan fingerprint density at radius 2 is 1.78 bits per heavy atom. The number of carbonyl (C=O) groups excluding carboxylic acids is 2. The van der Waals surface area contributed by atoms with E-state index in [1.807, 2.05) is 24.3 Å². The summed E-state index contributed by atoms with van der Waals surface area (Å²) in [6, 6.07) is 7.74. The van der Waals surface area contributed by atoms with E-state index in [-0.39, 0.29) is 13.1 Å². The van der Waals surface area contributed by atoms with Crippen molar-refractivity contribution < 1.29 is 19.1 Å². The van der Waals surface area contributed by atoms with E-state index in [0.717, 1.165) is 17.7 Å². The van der Waals surface area contributed by atoms with Gasteiger partial charge in [0, 0.05) is 6.54 Å². The first-order valence-electron chi connectivity index (χ1n) is 5.76. The smallest absolute Gasteiger partial charge is 0.327 e. The lowest BCUT2D eigenvalue weighted by molar-refractivity contribution is -0.166. The Hall–Kier alpha value is -1.88. The molecule has 0 spiro atoms. The van der Waals surface area contributed by atoms with Crippen LogP contribution in [-0.4, -0.2) is 43.6 Å². The third kappa shape index (κ3) is 3.30. The zero-order chi connectivity index (χ0) is 13.0. The molecule has 1 aliphatic heterocycles. The number of cyclic esters (lactones) is 2. The van der Waals surface area contributed by atoms with Gasteiger partial charge in [0.25, 0.3) is 0 Å². The molecule has 0 radical (unpaired) electrons. The van der Waals surface area contributed by atoms with Crippen molar-refractivity contribution in [1.82, 2.24) is 4.90 Å². The second-order valence-corrected chi connectivity index (χ2v) is 4.15. The summed E-state index contributed by atoms with van der Waals surface area (Å²) in [5, 5.41) is 0. The molecule has 18 heavy (non-hydrogen) atoms. The molecule has 0 aliphatic carbocycles. The summed E-state index contributed by atoms with van der Waals surface area (Å²) in [6.45, 7) is 1.02. The first-order valence-corrected chi connectivity index (χ1v) is 5.76. The third-order valence-electron chi connectivity index (χ3n) is 2.81. The fraction of sp³-hybridized carbons (Fsp3) is 0.385. The Kier molecular flexibility index (Phi) is 3.94. The highest BCUT2D eigenvalue weighted by atomic mass is 16.6. The largest absolute Gasteiger partial charge is 0.497 e. The first kappa shape index (κ1) is 12.6. The number of morpholine rings is 1. The molecule has 1 aromatic carbocycles. The number of nitrogens with zero attached hydrogens (tertiary/aromatic N) is 1. The molecule has 0 atom stereocenters. The van der Waals surface area contributed by atoms with E-state index in [1.54, 1.807) is 12.0 Å². The van der Waals surface area contributed by atoms with Crippen LogP contribution in [0.5, 0.6) is 5.75 Å². The summed E-state index contributed by atoms with van der Waals surface area (Å²) in [4.78, 5) is 23.9. The molecule has 0 bridgehead atoms. The van der Waals surface area contributed by atoms with Gasteiger partial charge in [0.15, 0.2) is 0 Å². The molecule has 1 aromatic rings. The van der Waals surface area contributed by atoms with E-state index in [9.17, 15) is 9.59 Å². The summed E-state index contributed by atoms with van der Waals surface area (Å²) in [6.07, 6.45) is 0.782. The third-order valence-corrected chi connectivity index (χ3v) is 2.81. The van der Waals surface area contributed by atoms with E-state index >= 15 is 0 Å². The Bertz CT molecular complexity index is 425. The van der Waals surface area contributed by atoms with Crippen LogP contribution in [0.25, 0.3) is 0 Å². The van der Waals surface area contributed by atoms with Gasteiger partial charge >= 0.3 is 11.9 Å². The minimum atomic E-state index is -0.471. The molecule has 2 rings (SSSR count). The van der Waals surface area contributed by atoms with E-state index in [1.165, 1.54) is 0 Å². The number of carbonyl (C=O) groups is 2. The standard InChI is InChI=1S/C13H15NO4/c1-17-11-4-2-10(3-5-11)6-7-14-8-12(15)18-13(16)9-14/h2-5H,6-9H2,1H3. The average molecular weight is 249 g/mol. The quantitative estimate of drug-likeness (QED) is 0.578. The lowest BCUT2D eigenvalue weighted by Gasteiger charge is -2.23. The van der Waals surface area contributed by atoms with Gasteiger partial charge in [0.2, 0.25) is 0 Å². The average Bonchev–Trinajstić information content (AvgIpc) is 2.36. The van der Waals surface area contributed by atoms with Crippen molar-refractivity contribution in [3.05, 3.63) is 29.8 Å². The van der Waals surface area contributed by atoms with Crippen molar-refractivity contribution in [2.45, 2.75) is 6.42 Å². The maximum Gasteiger partial charge on any atom is 0.327 e. The number of hydrogen-bond acceptors (Lipinski definition) is 5. The second-order valence-electron chi connectivity index (χ2n) is 4.15. The molecule has 1 aliphatic rings. The van der Waals surface area contributed by atoms with Crippen molar-refractivity contribution in [3.8, 4) is 5.75 Å². The zero-order valence-corrected chi connectivity index (χ0v) is 10.2. The van der Waals surface area contributed by atoms with Crippen LogP contribution >= 0.6 is 0 Å². The first-order chi connectivity index (χ1) is 8.67. The van der Waals surface area contributed by atoms with Gasteiger partial charge < -0.3 is 9.47 Å². The number of benzene rings is 1. The highest BCUT2D eigenvalue weighted by Gasteiger charge is 2.24. The predicted octanol–water partition coefficient (Wildman–Crippen LogP) is 0.623. The number of ether oxygens (including phenoxy) is 2. The normalized spacial score (nSPS) is 16.5. The van der Waals surface area contributed by atoms with Gasteiger partial charge in [0.1, 0.15) is 5.75 Å². The molecule has 0 N–H and O–H groups in total. The Balaban J connectivity index is 1.86. The summed E-state index contributed by atoms with van der Waals surface area (Å²) >= 11 is 0. The van der Waals surface area contributed by atoms with E-state index in [4.69, 9.17) is 4.74 Å². The highest BCUT2D eigenvalue weighted by Crippen LogP contribution is 2.12. The summed E-state index contributed by atoms with van der Waals surface area (Å²) < 4.78 is 9.54. The topological polar surface area (TPSA) is 55.8 Å². The van der Waals surface area contributed by atoms with Crippen LogP contribution in [-0.2, 0) is 20.7 Å². The van der Waals surface area contributed by atoms with Crippen LogP contribution in [0.1, 0.15) is 5.56 Å². The van der Waals surface area contributed by atoms with Crippen LogP contribution in [0.2, 0.25) is 0 Å². The molecule has 5 nitrogen and oxygen atoms in total. The summed E-state index contributed by atoms with van der Waals surface area (Å²) in [7, 11) is 1.62. The lowest BCUT2D eigenvalue weighted by atomic mass is 10.1. The number of methoxy groups -OCH3 is 1. The Morgan fingerprint density at radius 3 is 2.33 bits per heavy atom. The lowest BCUT2D eigenvalue weighted by Crippen LogP contribution is -2.43. The minimum absolute atomic E-state index is 0.182. The Morgan fingerprint density at radius 1 is 1.17 bits per heavy atom. The molecule has 1 fully saturated rings. The molecule has 0 amide bonds. The molecule has 1 heterocycles. The molecule has 96 valence electrons. The van der Waals surface area contributed by atoms with Crippen LogP contribution in [0.3, 0.4) is 0 Å². The van der Waals surface area contributed by atoms with Crippen LogP contribution in [0.4, 0.5) is 0 Å². The van der Waals surface area contributed by atoms with Gasteiger partial charge in [-0.05, 0) is 24.1 Å². The molecular weight excluding hydrogens is 234 g/mol. The van der Waals surface area contributed by atoms with Crippen LogP contribution in [0, 0.1) is 0 Å². The van der Waals surface area contributed by atoms with E-state index in [2.05, 4.69) is 4.74 Å². The second kappa shape index (κ2) is 5.64. The van der Waals surface area contributed by atoms with Crippen molar-refractivity contribution in [2.24, 2.45) is 0 Å². The predicted molar refractivity (Wildman–Crippen MR) is 64.2 cm³/mol. The number of hydrogen-bond donors (Lipinski definition) is 0. The van der Waals surface area contributed by atoms with Gasteiger partial charge in [-0.3, -0.25) is 14.5 Å². The molecular formula is C13H15NO4. The minimum Gasteiger partial charge on any atom is -0.497 e. The highest BCUT2D eigenvalue weighted by molar-refractivity contribution is 5.90. The fourth-order valence-electron chi connectivity index (χ4n) is 1.85. The van der Waals surface area contributed by atoms with Crippen molar-refractivity contribution in [3.63, 3.8) is 0 Å². The number of esters is 2. The fourth-order valence-corrected chi connectivity index (χ4v) is 1.85. The molecule has 1 saturated heterocycles. The zero-order valence-electron chi connectivity index (χ0n) is 10.2. The molecule has 0 unspecified atom stereocenters. The summed E-state index contributed by atoms with van der Waals surface area (Å²) in [5.41, 5.74) is 1.14. The van der Waals surface area contributed by atoms with Crippen molar-refractivity contribution >= 4 is 11.9 Å². The van der Waals surface area contributed by atoms with Gasteiger partial charge in [-0.15, -0.1) is 0 Å². The summed E-state index contributed by atoms with van der Waals surface area (Å²) in [5.74, 6) is -0.127. The van der Waals surface area contributed by atoms with Gasteiger partial charge in [-0.1, -0.05) is 12.1 Å². The van der Waals surface area contributed by atoms with Crippen LogP contribution in [0.15, 0.2) is 24.3 Å². The maximum absolute atomic E-state index is 11.1.